The zero-order valence-electron chi connectivity index (χ0n) is 14.0. The molecule has 2 rings (SSSR count). The maximum Gasteiger partial charge on any atom is 0.340 e. The summed E-state index contributed by atoms with van der Waals surface area (Å²) in [7, 11) is 0. The van der Waals surface area contributed by atoms with E-state index >= 15 is 0 Å². The van der Waals surface area contributed by atoms with Crippen LogP contribution in [0.15, 0.2) is 22.7 Å². The van der Waals surface area contributed by atoms with E-state index in [1.165, 1.54) is 6.07 Å². The van der Waals surface area contributed by atoms with E-state index in [1.807, 2.05) is 0 Å². The molecule has 0 aliphatic heterocycles. The maximum atomic E-state index is 12.0. The summed E-state index contributed by atoms with van der Waals surface area (Å²) in [5, 5.41) is 4.97. The number of esters is 1. The number of nitrogens with one attached hydrogen (secondary N) is 2. The van der Waals surface area contributed by atoms with Gasteiger partial charge < -0.3 is 15.8 Å². The molecule has 0 heterocycles. The quantitative estimate of drug-likeness (QED) is 0.520. The van der Waals surface area contributed by atoms with E-state index in [1.54, 1.807) is 12.1 Å². The largest absolute Gasteiger partial charge is 0.452 e. The van der Waals surface area contributed by atoms with Crippen LogP contribution in [0.25, 0.3) is 0 Å². The van der Waals surface area contributed by atoms with Gasteiger partial charge in [-0.05, 0) is 37.0 Å². The lowest BCUT2D eigenvalue weighted by Crippen LogP contribution is -2.48. The number of hydrogen-bond donors (Lipinski definition) is 3. The molecule has 0 radical (unpaired) electrons. The predicted octanol–water partition coefficient (Wildman–Crippen LogP) is 2.59. The summed E-state index contributed by atoms with van der Waals surface area (Å²) < 4.78 is 5.57. The first-order valence-electron chi connectivity index (χ1n) is 8.19. The fourth-order valence-corrected chi connectivity index (χ4v) is 3.17. The second-order valence-corrected chi connectivity index (χ2v) is 7.11. The van der Waals surface area contributed by atoms with Crippen molar-refractivity contribution in [2.75, 3.05) is 12.3 Å². The Morgan fingerprint density at radius 1 is 1.28 bits per heavy atom. The van der Waals surface area contributed by atoms with E-state index in [0.717, 1.165) is 25.7 Å². The lowest BCUT2D eigenvalue weighted by Gasteiger charge is -2.29. The number of anilines is 1. The third kappa shape index (κ3) is 5.74. The van der Waals surface area contributed by atoms with E-state index in [4.69, 9.17) is 10.5 Å². The second kappa shape index (κ2) is 8.84. The molecule has 4 N–H and O–H groups in total. The molecule has 25 heavy (non-hydrogen) atoms. The summed E-state index contributed by atoms with van der Waals surface area (Å²) >= 11 is 3.23. The highest BCUT2D eigenvalue weighted by Crippen LogP contribution is 2.23. The van der Waals surface area contributed by atoms with Crippen molar-refractivity contribution in [3.8, 4) is 0 Å². The summed E-state index contributed by atoms with van der Waals surface area (Å²) in [5.74, 6) is -1.04. The summed E-state index contributed by atoms with van der Waals surface area (Å²) in [6, 6.07) is 4.24. The minimum atomic E-state index is -0.727. The van der Waals surface area contributed by atoms with Crippen LogP contribution < -0.4 is 16.4 Å². The number of hydrogen-bond acceptors (Lipinski definition) is 5. The first-order chi connectivity index (χ1) is 11.9. The van der Waals surface area contributed by atoms with Gasteiger partial charge in [-0.2, -0.15) is 0 Å². The second-order valence-electron chi connectivity index (χ2n) is 6.20. The summed E-state index contributed by atoms with van der Waals surface area (Å²) in [4.78, 5) is 35.6. The number of nitrogen functional groups attached to an aromatic ring is 1. The van der Waals surface area contributed by atoms with E-state index in [9.17, 15) is 14.4 Å². The first-order valence-corrected chi connectivity index (χ1v) is 8.98. The van der Waals surface area contributed by atoms with Gasteiger partial charge in [-0.25, -0.2) is 9.59 Å². The molecule has 0 aromatic heterocycles. The zero-order valence-corrected chi connectivity index (χ0v) is 15.6. The Morgan fingerprint density at radius 3 is 2.72 bits per heavy atom. The lowest BCUT2D eigenvalue weighted by atomic mass is 9.86. The first kappa shape index (κ1) is 19.2. The van der Waals surface area contributed by atoms with Gasteiger partial charge in [0.25, 0.3) is 5.91 Å². The van der Waals surface area contributed by atoms with Crippen molar-refractivity contribution in [3.63, 3.8) is 0 Å². The van der Waals surface area contributed by atoms with Crippen LogP contribution in [-0.4, -0.2) is 30.6 Å². The number of urea groups is 1. The van der Waals surface area contributed by atoms with Gasteiger partial charge in [-0.15, -0.1) is 0 Å². The summed E-state index contributed by atoms with van der Waals surface area (Å²) in [5.41, 5.74) is 6.11. The SMILES string of the molecule is C[C@@H]1CCCC[C@H]1NC(=O)NC(=O)COC(=O)c1cc(Br)ccc1N. The van der Waals surface area contributed by atoms with Crippen molar-refractivity contribution in [1.82, 2.24) is 10.6 Å². The Hall–Kier alpha value is -2.09. The van der Waals surface area contributed by atoms with Gasteiger partial charge in [0, 0.05) is 16.2 Å². The molecule has 3 amide bonds. The number of carbonyl (C=O) groups is 3. The molecule has 136 valence electrons. The van der Waals surface area contributed by atoms with Crippen LogP contribution in [0.5, 0.6) is 0 Å². The van der Waals surface area contributed by atoms with Crippen molar-refractivity contribution >= 4 is 39.5 Å². The van der Waals surface area contributed by atoms with Gasteiger partial charge in [-0.3, -0.25) is 10.1 Å². The Bertz CT molecular complexity index is 665. The topological polar surface area (TPSA) is 111 Å². The Kier molecular flexibility index (Phi) is 6.81. The van der Waals surface area contributed by atoms with Crippen molar-refractivity contribution in [3.05, 3.63) is 28.2 Å². The van der Waals surface area contributed by atoms with Crippen LogP contribution in [-0.2, 0) is 9.53 Å². The molecular weight excluding hydrogens is 390 g/mol. The van der Waals surface area contributed by atoms with Gasteiger partial charge in [0.15, 0.2) is 6.61 Å². The Balaban J connectivity index is 1.79. The molecule has 0 bridgehead atoms. The summed E-state index contributed by atoms with van der Waals surface area (Å²) in [6.07, 6.45) is 4.19. The highest BCUT2D eigenvalue weighted by atomic mass is 79.9. The molecule has 1 aliphatic carbocycles. The molecule has 1 aromatic carbocycles. The fourth-order valence-electron chi connectivity index (χ4n) is 2.81. The fraction of sp³-hybridized carbons (Fsp3) is 0.471. The number of ether oxygens (including phenoxy) is 1. The van der Waals surface area contributed by atoms with E-state index < -0.39 is 24.5 Å². The molecule has 2 atom stereocenters. The third-order valence-electron chi connectivity index (χ3n) is 4.25. The van der Waals surface area contributed by atoms with Gasteiger partial charge in [0.1, 0.15) is 0 Å². The number of halogens is 1. The van der Waals surface area contributed by atoms with E-state index in [0.29, 0.717) is 10.4 Å². The van der Waals surface area contributed by atoms with Crippen LogP contribution in [0.2, 0.25) is 0 Å². The van der Waals surface area contributed by atoms with Gasteiger partial charge >= 0.3 is 12.0 Å². The number of amides is 3. The summed E-state index contributed by atoms with van der Waals surface area (Å²) in [6.45, 7) is 1.52. The monoisotopic (exact) mass is 411 g/mol. The maximum absolute atomic E-state index is 12.0. The van der Waals surface area contributed by atoms with E-state index in [2.05, 4.69) is 33.5 Å². The number of rotatable bonds is 4. The highest BCUT2D eigenvalue weighted by molar-refractivity contribution is 9.10. The Labute approximate surface area is 154 Å². The molecule has 1 fully saturated rings. The highest BCUT2D eigenvalue weighted by Gasteiger charge is 2.23. The number of carbonyl (C=O) groups excluding carboxylic acids is 3. The molecule has 8 heteroatoms. The lowest BCUT2D eigenvalue weighted by molar-refractivity contribution is -0.123. The van der Waals surface area contributed by atoms with Crippen LogP contribution in [0.3, 0.4) is 0 Å². The molecule has 0 spiro atoms. The molecule has 0 unspecified atom stereocenters. The minimum absolute atomic E-state index is 0.0607. The average molecular weight is 412 g/mol. The third-order valence-corrected chi connectivity index (χ3v) is 4.74. The van der Waals surface area contributed by atoms with E-state index in [-0.39, 0.29) is 17.3 Å². The zero-order chi connectivity index (χ0) is 18.4. The van der Waals surface area contributed by atoms with Crippen LogP contribution in [0.1, 0.15) is 43.0 Å². The van der Waals surface area contributed by atoms with Crippen molar-refractivity contribution in [2.24, 2.45) is 5.92 Å². The normalized spacial score (nSPS) is 19.8. The van der Waals surface area contributed by atoms with Gasteiger partial charge in [-0.1, -0.05) is 35.7 Å². The molecule has 0 saturated heterocycles. The molecule has 7 nitrogen and oxygen atoms in total. The molecule has 1 saturated carbocycles. The van der Waals surface area contributed by atoms with Crippen LogP contribution >= 0.6 is 15.9 Å². The number of benzene rings is 1. The minimum Gasteiger partial charge on any atom is -0.452 e. The van der Waals surface area contributed by atoms with Crippen molar-refractivity contribution < 1.29 is 19.1 Å². The van der Waals surface area contributed by atoms with Crippen molar-refractivity contribution in [1.29, 1.82) is 0 Å². The smallest absolute Gasteiger partial charge is 0.340 e. The standard InChI is InChI=1S/C17H22BrN3O4/c1-10-4-2-3-5-14(10)20-17(24)21-15(22)9-25-16(23)12-8-11(18)6-7-13(12)19/h6-8,10,14H,2-5,9,19H2,1H3,(H2,20,21,22,24)/t10-,14-/m1/s1. The average Bonchev–Trinajstić information content (AvgIpc) is 2.57. The van der Waals surface area contributed by atoms with Gasteiger partial charge in [0.2, 0.25) is 0 Å². The van der Waals surface area contributed by atoms with Gasteiger partial charge in [0.05, 0.1) is 5.56 Å². The van der Waals surface area contributed by atoms with Crippen LogP contribution in [0.4, 0.5) is 10.5 Å². The molecule has 1 aliphatic rings. The van der Waals surface area contributed by atoms with Crippen molar-refractivity contribution in [2.45, 2.75) is 38.6 Å². The Morgan fingerprint density at radius 2 is 2.00 bits per heavy atom. The van der Waals surface area contributed by atoms with Crippen LogP contribution in [0, 0.1) is 5.92 Å². The number of nitrogens with two attached hydrogens (primary N) is 1. The number of imide groups is 1. The molecular formula is C17H22BrN3O4. The predicted molar refractivity (Wildman–Crippen MR) is 96.9 cm³/mol. The molecule has 1 aromatic rings.